The number of fused-ring (bicyclic) bond motifs is 1. The van der Waals surface area contributed by atoms with Crippen molar-refractivity contribution < 1.29 is 4.74 Å². The highest BCUT2D eigenvalue weighted by Crippen LogP contribution is 2.34. The van der Waals surface area contributed by atoms with E-state index in [1.54, 1.807) is 13.3 Å². The van der Waals surface area contributed by atoms with Crippen molar-refractivity contribution in [3.8, 4) is 17.0 Å². The van der Waals surface area contributed by atoms with E-state index in [0.29, 0.717) is 0 Å². The van der Waals surface area contributed by atoms with Gasteiger partial charge in [0.05, 0.1) is 13.3 Å². The smallest absolute Gasteiger partial charge is 0.164 e. The van der Waals surface area contributed by atoms with Crippen LogP contribution < -0.4 is 10.1 Å². The van der Waals surface area contributed by atoms with E-state index in [4.69, 9.17) is 4.74 Å². The third-order valence-electron chi connectivity index (χ3n) is 3.72. The molecule has 0 saturated heterocycles. The average Bonchev–Trinajstić information content (AvgIpc) is 2.89. The van der Waals surface area contributed by atoms with Gasteiger partial charge in [-0.25, -0.2) is 0 Å². The van der Waals surface area contributed by atoms with E-state index in [0.717, 1.165) is 37.5 Å². The van der Waals surface area contributed by atoms with Gasteiger partial charge in [0.25, 0.3) is 0 Å². The first-order valence-corrected chi connectivity index (χ1v) is 6.76. The largest absolute Gasteiger partial charge is 0.493 e. The summed E-state index contributed by atoms with van der Waals surface area (Å²) in [4.78, 5) is 0. The molecule has 19 heavy (non-hydrogen) atoms. The highest BCUT2D eigenvalue weighted by molar-refractivity contribution is 5.71. The first-order chi connectivity index (χ1) is 9.35. The SMILES string of the molecule is CCn1ncc(OC)c1-c1cccc2c1CCNC2. The Hall–Kier alpha value is -1.81. The van der Waals surface area contributed by atoms with E-state index in [9.17, 15) is 0 Å². The van der Waals surface area contributed by atoms with Gasteiger partial charge in [-0.1, -0.05) is 18.2 Å². The van der Waals surface area contributed by atoms with Crippen molar-refractivity contribution in [1.29, 1.82) is 0 Å². The molecule has 100 valence electrons. The Morgan fingerprint density at radius 3 is 3.11 bits per heavy atom. The number of aromatic nitrogens is 2. The van der Waals surface area contributed by atoms with Crippen LogP contribution in [0.3, 0.4) is 0 Å². The lowest BCUT2D eigenvalue weighted by Gasteiger charge is -2.21. The fraction of sp³-hybridized carbons (Fsp3) is 0.400. The van der Waals surface area contributed by atoms with Crippen LogP contribution in [-0.2, 0) is 19.5 Å². The summed E-state index contributed by atoms with van der Waals surface area (Å²) in [6.45, 7) is 4.94. The maximum atomic E-state index is 5.47. The van der Waals surface area contributed by atoms with Crippen molar-refractivity contribution in [2.75, 3.05) is 13.7 Å². The predicted molar refractivity (Wildman–Crippen MR) is 75.3 cm³/mol. The number of hydrogen-bond donors (Lipinski definition) is 1. The zero-order chi connectivity index (χ0) is 13.2. The minimum atomic E-state index is 0.848. The molecule has 0 unspecified atom stereocenters. The number of hydrogen-bond acceptors (Lipinski definition) is 3. The van der Waals surface area contributed by atoms with E-state index in [-0.39, 0.29) is 0 Å². The Morgan fingerprint density at radius 1 is 1.42 bits per heavy atom. The lowest BCUT2D eigenvalue weighted by atomic mass is 9.93. The van der Waals surface area contributed by atoms with Crippen molar-refractivity contribution in [2.24, 2.45) is 0 Å². The third kappa shape index (κ3) is 2.02. The molecular weight excluding hydrogens is 238 g/mol. The minimum absolute atomic E-state index is 0.848. The molecule has 4 nitrogen and oxygen atoms in total. The molecule has 4 heteroatoms. The van der Waals surface area contributed by atoms with Crippen molar-refractivity contribution in [3.63, 3.8) is 0 Å². The van der Waals surface area contributed by atoms with E-state index >= 15 is 0 Å². The summed E-state index contributed by atoms with van der Waals surface area (Å²) < 4.78 is 7.48. The second kappa shape index (κ2) is 5.05. The second-order valence-corrected chi connectivity index (χ2v) is 4.75. The molecule has 2 aromatic rings. The van der Waals surface area contributed by atoms with Crippen LogP contribution in [0.25, 0.3) is 11.3 Å². The van der Waals surface area contributed by atoms with Crippen LogP contribution in [0.5, 0.6) is 5.75 Å². The van der Waals surface area contributed by atoms with Gasteiger partial charge in [0.15, 0.2) is 5.75 Å². The van der Waals surface area contributed by atoms with Crippen molar-refractivity contribution in [3.05, 3.63) is 35.5 Å². The number of methoxy groups -OCH3 is 1. The molecule has 1 aromatic carbocycles. The van der Waals surface area contributed by atoms with Gasteiger partial charge in [0.2, 0.25) is 0 Å². The summed E-state index contributed by atoms with van der Waals surface area (Å²) >= 11 is 0. The molecule has 0 fully saturated rings. The van der Waals surface area contributed by atoms with Gasteiger partial charge in [-0.3, -0.25) is 4.68 Å². The zero-order valence-electron chi connectivity index (χ0n) is 11.4. The highest BCUT2D eigenvalue weighted by atomic mass is 16.5. The molecule has 0 atom stereocenters. The summed E-state index contributed by atoms with van der Waals surface area (Å²) in [6.07, 6.45) is 2.86. The van der Waals surface area contributed by atoms with Crippen LogP contribution in [0.1, 0.15) is 18.1 Å². The fourth-order valence-electron chi connectivity index (χ4n) is 2.78. The molecule has 2 heterocycles. The molecule has 0 aliphatic carbocycles. The number of benzene rings is 1. The molecule has 0 bridgehead atoms. The Balaban J connectivity index is 2.19. The van der Waals surface area contributed by atoms with Gasteiger partial charge in [-0.15, -0.1) is 0 Å². The first-order valence-electron chi connectivity index (χ1n) is 6.76. The number of nitrogens with one attached hydrogen (secondary N) is 1. The molecule has 0 saturated carbocycles. The van der Waals surface area contributed by atoms with E-state index in [1.807, 2.05) is 4.68 Å². The van der Waals surface area contributed by atoms with Crippen LogP contribution in [-0.4, -0.2) is 23.4 Å². The van der Waals surface area contributed by atoms with Gasteiger partial charge in [-0.05, 0) is 31.0 Å². The van der Waals surface area contributed by atoms with Gasteiger partial charge in [0.1, 0.15) is 5.69 Å². The second-order valence-electron chi connectivity index (χ2n) is 4.75. The van der Waals surface area contributed by atoms with Gasteiger partial charge < -0.3 is 10.1 Å². The van der Waals surface area contributed by atoms with Crippen LogP contribution in [0.4, 0.5) is 0 Å². The summed E-state index contributed by atoms with van der Waals surface area (Å²) in [5, 5.41) is 7.82. The van der Waals surface area contributed by atoms with Gasteiger partial charge in [-0.2, -0.15) is 5.10 Å². The Labute approximate surface area is 113 Å². The Kier molecular flexibility index (Phi) is 3.25. The number of ether oxygens (including phenoxy) is 1. The molecule has 0 radical (unpaired) electrons. The lowest BCUT2D eigenvalue weighted by Crippen LogP contribution is -2.24. The quantitative estimate of drug-likeness (QED) is 0.916. The molecular formula is C15H19N3O. The van der Waals surface area contributed by atoms with Gasteiger partial charge >= 0.3 is 0 Å². The average molecular weight is 257 g/mol. The Morgan fingerprint density at radius 2 is 2.32 bits per heavy atom. The normalized spacial score (nSPS) is 14.2. The number of nitrogens with zero attached hydrogens (tertiary/aromatic N) is 2. The lowest BCUT2D eigenvalue weighted by molar-refractivity contribution is 0.416. The summed E-state index contributed by atoms with van der Waals surface area (Å²) in [5.41, 5.74) is 5.17. The maximum Gasteiger partial charge on any atom is 0.164 e. The summed E-state index contributed by atoms with van der Waals surface area (Å²) in [7, 11) is 1.71. The molecule has 1 N–H and O–H groups in total. The standard InChI is InChI=1S/C15H19N3O/c1-3-18-15(14(19-2)10-17-18)13-6-4-5-11-9-16-8-7-12(11)13/h4-6,10,16H,3,7-9H2,1-2H3. The monoisotopic (exact) mass is 257 g/mol. The van der Waals surface area contributed by atoms with Crippen molar-refractivity contribution in [1.82, 2.24) is 15.1 Å². The van der Waals surface area contributed by atoms with Crippen LogP contribution in [0.15, 0.2) is 24.4 Å². The molecule has 1 aliphatic heterocycles. The predicted octanol–water partition coefficient (Wildman–Crippen LogP) is 2.22. The van der Waals surface area contributed by atoms with Gasteiger partial charge in [0, 0.05) is 18.7 Å². The molecule has 0 spiro atoms. The van der Waals surface area contributed by atoms with Crippen molar-refractivity contribution in [2.45, 2.75) is 26.4 Å². The maximum absolute atomic E-state index is 5.47. The molecule has 3 rings (SSSR count). The van der Waals surface area contributed by atoms with Crippen LogP contribution >= 0.6 is 0 Å². The zero-order valence-corrected chi connectivity index (χ0v) is 11.4. The topological polar surface area (TPSA) is 39.1 Å². The molecule has 1 aromatic heterocycles. The fourth-order valence-corrected chi connectivity index (χ4v) is 2.78. The first kappa shape index (κ1) is 12.2. The summed E-state index contributed by atoms with van der Waals surface area (Å²) in [5.74, 6) is 0.855. The third-order valence-corrected chi connectivity index (χ3v) is 3.72. The summed E-state index contributed by atoms with van der Waals surface area (Å²) in [6, 6.07) is 6.49. The number of aryl methyl sites for hydroxylation is 1. The van der Waals surface area contributed by atoms with Crippen molar-refractivity contribution >= 4 is 0 Å². The molecule has 1 aliphatic rings. The Bertz CT molecular complexity index is 568. The van der Waals surface area contributed by atoms with E-state index < -0.39 is 0 Å². The minimum Gasteiger partial charge on any atom is -0.493 e. The molecule has 0 amide bonds. The number of rotatable bonds is 3. The van der Waals surface area contributed by atoms with Crippen LogP contribution in [0, 0.1) is 0 Å². The van der Waals surface area contributed by atoms with E-state index in [1.165, 1.54) is 16.7 Å². The highest BCUT2D eigenvalue weighted by Gasteiger charge is 2.19. The van der Waals surface area contributed by atoms with Crippen LogP contribution in [0.2, 0.25) is 0 Å². The van der Waals surface area contributed by atoms with E-state index in [2.05, 4.69) is 35.5 Å².